The third-order valence-electron chi connectivity index (χ3n) is 3.53. The van der Waals surface area contributed by atoms with Gasteiger partial charge in [-0.3, -0.25) is 14.6 Å². The van der Waals surface area contributed by atoms with E-state index < -0.39 is 5.66 Å². The highest BCUT2D eigenvalue weighted by atomic mass is 16.2. The molecule has 0 radical (unpaired) electrons. The Morgan fingerprint density at radius 2 is 2.06 bits per heavy atom. The zero-order chi connectivity index (χ0) is 13.0. The number of rotatable bonds is 2. The van der Waals surface area contributed by atoms with Gasteiger partial charge in [-0.05, 0) is 25.7 Å². The Morgan fingerprint density at radius 1 is 1.22 bits per heavy atom. The molecule has 18 heavy (non-hydrogen) atoms. The highest BCUT2D eigenvalue weighted by Gasteiger charge is 2.33. The Hall–Kier alpha value is -1.14. The van der Waals surface area contributed by atoms with Crippen molar-refractivity contribution in [1.29, 1.82) is 0 Å². The fraction of sp³-hybridized carbons (Fsp3) is 0.833. The molecule has 1 atom stereocenters. The molecule has 2 saturated heterocycles. The van der Waals surface area contributed by atoms with Crippen molar-refractivity contribution in [2.24, 2.45) is 5.73 Å². The van der Waals surface area contributed by atoms with Crippen LogP contribution in [0.2, 0.25) is 0 Å². The van der Waals surface area contributed by atoms with Crippen LogP contribution in [-0.2, 0) is 9.59 Å². The van der Waals surface area contributed by atoms with Crippen LogP contribution in [0.1, 0.15) is 44.9 Å². The van der Waals surface area contributed by atoms with Gasteiger partial charge in [-0.15, -0.1) is 0 Å². The number of hydrogen-bond donors (Lipinski definition) is 3. The van der Waals surface area contributed by atoms with Gasteiger partial charge in [0, 0.05) is 19.5 Å². The van der Waals surface area contributed by atoms with Crippen LogP contribution < -0.4 is 16.5 Å². The summed E-state index contributed by atoms with van der Waals surface area (Å²) < 4.78 is 0. The van der Waals surface area contributed by atoms with Crippen LogP contribution in [0.4, 0.5) is 0 Å². The molecule has 0 aromatic rings. The van der Waals surface area contributed by atoms with Crippen LogP contribution in [0.15, 0.2) is 0 Å². The van der Waals surface area contributed by atoms with E-state index in [1.54, 1.807) is 5.01 Å². The van der Waals surface area contributed by atoms with Gasteiger partial charge in [0.2, 0.25) is 11.8 Å². The van der Waals surface area contributed by atoms with E-state index in [2.05, 4.69) is 10.7 Å². The van der Waals surface area contributed by atoms with Crippen molar-refractivity contribution in [1.82, 2.24) is 15.8 Å². The zero-order valence-corrected chi connectivity index (χ0v) is 10.7. The second-order valence-corrected chi connectivity index (χ2v) is 5.25. The van der Waals surface area contributed by atoms with Gasteiger partial charge < -0.3 is 11.1 Å². The van der Waals surface area contributed by atoms with Gasteiger partial charge in [-0.25, -0.2) is 5.43 Å². The second kappa shape index (κ2) is 5.67. The van der Waals surface area contributed by atoms with E-state index in [1.807, 2.05) is 0 Å². The number of carbonyl (C=O) groups is 2. The fourth-order valence-electron chi connectivity index (χ4n) is 2.53. The summed E-state index contributed by atoms with van der Waals surface area (Å²) >= 11 is 0. The van der Waals surface area contributed by atoms with E-state index in [4.69, 9.17) is 5.73 Å². The Morgan fingerprint density at radius 3 is 2.89 bits per heavy atom. The maximum Gasteiger partial charge on any atom is 0.236 e. The second-order valence-electron chi connectivity index (χ2n) is 5.25. The zero-order valence-electron chi connectivity index (χ0n) is 10.7. The van der Waals surface area contributed by atoms with Crippen molar-refractivity contribution >= 4 is 11.8 Å². The quantitative estimate of drug-likeness (QED) is 0.598. The summed E-state index contributed by atoms with van der Waals surface area (Å²) in [4.78, 5) is 23.5. The lowest BCUT2D eigenvalue weighted by Crippen LogP contribution is -2.62. The normalized spacial score (nSPS) is 30.6. The van der Waals surface area contributed by atoms with Crippen LogP contribution in [-0.4, -0.2) is 35.6 Å². The molecule has 0 bridgehead atoms. The van der Waals surface area contributed by atoms with Crippen molar-refractivity contribution in [3.05, 3.63) is 0 Å². The van der Waals surface area contributed by atoms with Gasteiger partial charge in [-0.1, -0.05) is 6.42 Å². The Balaban J connectivity index is 2.00. The minimum atomic E-state index is -0.791. The minimum Gasteiger partial charge on any atom is -0.356 e. The predicted molar refractivity (Wildman–Crippen MR) is 67.1 cm³/mol. The molecule has 0 aromatic heterocycles. The Kier molecular flexibility index (Phi) is 4.19. The maximum absolute atomic E-state index is 11.9. The number of amides is 2. The van der Waals surface area contributed by atoms with Crippen LogP contribution in [0.3, 0.4) is 0 Å². The highest BCUT2D eigenvalue weighted by molar-refractivity contribution is 5.78. The van der Waals surface area contributed by atoms with Gasteiger partial charge in [0.05, 0.1) is 12.1 Å². The fourth-order valence-corrected chi connectivity index (χ4v) is 2.53. The summed E-state index contributed by atoms with van der Waals surface area (Å²) in [6.07, 6.45) is 5.30. The molecule has 0 aliphatic carbocycles. The van der Waals surface area contributed by atoms with Gasteiger partial charge in [0.1, 0.15) is 0 Å². The summed E-state index contributed by atoms with van der Waals surface area (Å²) in [5.41, 5.74) is 8.53. The molecular weight excluding hydrogens is 232 g/mol. The number of nitrogens with zero attached hydrogens (tertiary/aromatic N) is 1. The van der Waals surface area contributed by atoms with E-state index in [1.165, 1.54) is 0 Å². The monoisotopic (exact) mass is 254 g/mol. The average molecular weight is 254 g/mol. The van der Waals surface area contributed by atoms with E-state index in [9.17, 15) is 9.59 Å². The minimum absolute atomic E-state index is 0.0511. The Labute approximate surface area is 107 Å². The van der Waals surface area contributed by atoms with Crippen molar-refractivity contribution in [2.45, 2.75) is 50.6 Å². The van der Waals surface area contributed by atoms with Gasteiger partial charge in [0.25, 0.3) is 0 Å². The highest BCUT2D eigenvalue weighted by Crippen LogP contribution is 2.17. The SMILES string of the molecule is NC1(NN2CCCCCC2=O)CCCNC(=O)C1. The van der Waals surface area contributed by atoms with E-state index in [0.29, 0.717) is 25.9 Å². The molecule has 102 valence electrons. The Bertz CT molecular complexity index is 334. The molecule has 2 rings (SSSR count). The lowest BCUT2D eigenvalue weighted by Gasteiger charge is -2.35. The summed E-state index contributed by atoms with van der Waals surface area (Å²) in [5.74, 6) is 0.0340. The molecule has 2 aliphatic heterocycles. The smallest absolute Gasteiger partial charge is 0.236 e. The number of hydrogen-bond acceptors (Lipinski definition) is 4. The number of hydrazine groups is 1. The first-order valence-electron chi connectivity index (χ1n) is 6.73. The third-order valence-corrected chi connectivity index (χ3v) is 3.53. The van der Waals surface area contributed by atoms with Gasteiger partial charge >= 0.3 is 0 Å². The summed E-state index contributed by atoms with van der Waals surface area (Å²) in [5, 5.41) is 4.41. The molecule has 4 N–H and O–H groups in total. The predicted octanol–water partition coefficient (Wildman–Crippen LogP) is -0.151. The lowest BCUT2D eigenvalue weighted by molar-refractivity contribution is -0.137. The molecule has 0 spiro atoms. The van der Waals surface area contributed by atoms with E-state index in [-0.39, 0.29) is 18.2 Å². The van der Waals surface area contributed by atoms with Crippen LogP contribution in [0, 0.1) is 0 Å². The molecule has 6 heteroatoms. The van der Waals surface area contributed by atoms with Gasteiger partial charge in [-0.2, -0.15) is 0 Å². The number of carbonyl (C=O) groups excluding carboxylic acids is 2. The summed E-state index contributed by atoms with van der Waals surface area (Å²) in [6, 6.07) is 0. The van der Waals surface area contributed by atoms with Crippen molar-refractivity contribution in [3.63, 3.8) is 0 Å². The van der Waals surface area contributed by atoms with Crippen LogP contribution in [0.5, 0.6) is 0 Å². The standard InChI is InChI=1S/C12H22N4O2/c13-12(6-4-7-14-10(17)9-12)15-16-8-3-1-2-5-11(16)18/h15H,1-9,13H2,(H,14,17). The molecule has 2 fully saturated rings. The average Bonchev–Trinajstić information content (AvgIpc) is 2.59. The topological polar surface area (TPSA) is 87.5 Å². The van der Waals surface area contributed by atoms with E-state index in [0.717, 1.165) is 25.7 Å². The first kappa shape index (κ1) is 13.3. The summed E-state index contributed by atoms with van der Waals surface area (Å²) in [7, 11) is 0. The van der Waals surface area contributed by atoms with Gasteiger partial charge in [0.15, 0.2) is 0 Å². The van der Waals surface area contributed by atoms with Crippen molar-refractivity contribution in [3.8, 4) is 0 Å². The first-order chi connectivity index (χ1) is 8.59. The molecule has 1 unspecified atom stereocenters. The first-order valence-corrected chi connectivity index (χ1v) is 6.73. The number of nitrogens with two attached hydrogens (primary N) is 1. The molecule has 0 aromatic carbocycles. The molecule has 6 nitrogen and oxygen atoms in total. The van der Waals surface area contributed by atoms with Crippen molar-refractivity contribution in [2.75, 3.05) is 13.1 Å². The molecule has 2 aliphatic rings. The number of nitrogens with one attached hydrogen (secondary N) is 2. The lowest BCUT2D eigenvalue weighted by atomic mass is 10.0. The van der Waals surface area contributed by atoms with E-state index >= 15 is 0 Å². The maximum atomic E-state index is 11.9. The third kappa shape index (κ3) is 3.43. The molecule has 2 amide bonds. The van der Waals surface area contributed by atoms with Crippen LogP contribution >= 0.6 is 0 Å². The van der Waals surface area contributed by atoms with Crippen LogP contribution in [0.25, 0.3) is 0 Å². The molecule has 0 saturated carbocycles. The summed E-state index contributed by atoms with van der Waals surface area (Å²) in [6.45, 7) is 1.34. The molecule has 2 heterocycles. The molecular formula is C12H22N4O2. The van der Waals surface area contributed by atoms with Crippen molar-refractivity contribution < 1.29 is 9.59 Å². The largest absolute Gasteiger partial charge is 0.356 e.